The van der Waals surface area contributed by atoms with Crippen LogP contribution in [0.3, 0.4) is 0 Å². The maximum Gasteiger partial charge on any atom is -0.00801 e. The molecule has 0 nitrogen and oxygen atoms in total. The summed E-state index contributed by atoms with van der Waals surface area (Å²) in [6, 6.07) is 0. The molecule has 0 radical (unpaired) electrons. The summed E-state index contributed by atoms with van der Waals surface area (Å²) in [5.41, 5.74) is 5.05. The highest BCUT2D eigenvalue weighted by Gasteiger charge is 2.66. The molecule has 5 aliphatic carbocycles. The predicted octanol–water partition coefficient (Wildman–Crippen LogP) is 9.20. The lowest BCUT2D eigenvalue weighted by Gasteiger charge is -2.71. The smallest absolute Gasteiger partial charge is 0.00801 e. The van der Waals surface area contributed by atoms with E-state index in [1.165, 1.54) is 70.6 Å². The summed E-state index contributed by atoms with van der Waals surface area (Å²) >= 11 is 0. The molecular formula is C30H50. The summed E-state index contributed by atoms with van der Waals surface area (Å²) in [5.74, 6) is 2.65. The number of allylic oxidation sites excluding steroid dienone is 2. The Bertz CT molecular complexity index is 754. The maximum absolute atomic E-state index is 2.85. The first kappa shape index (κ1) is 21.6. The average molecular weight is 411 g/mol. The second kappa shape index (κ2) is 6.20. The minimum absolute atomic E-state index is 0.474. The number of rotatable bonds is 0. The highest BCUT2D eigenvalue weighted by atomic mass is 14.7. The van der Waals surface area contributed by atoms with Crippen molar-refractivity contribution in [2.24, 2.45) is 50.2 Å². The third-order valence-electron chi connectivity index (χ3n) is 12.8. The first-order valence-corrected chi connectivity index (χ1v) is 13.5. The third-order valence-corrected chi connectivity index (χ3v) is 12.8. The molecule has 30 heavy (non-hydrogen) atoms. The van der Waals surface area contributed by atoms with Crippen molar-refractivity contribution in [2.45, 2.75) is 126 Å². The van der Waals surface area contributed by atoms with E-state index in [-0.39, 0.29) is 0 Å². The molecule has 0 aliphatic heterocycles. The van der Waals surface area contributed by atoms with Crippen molar-refractivity contribution in [3.05, 3.63) is 11.6 Å². The van der Waals surface area contributed by atoms with Gasteiger partial charge in [-0.1, -0.05) is 73.5 Å². The van der Waals surface area contributed by atoms with Gasteiger partial charge in [-0.25, -0.2) is 0 Å². The summed E-state index contributed by atoms with van der Waals surface area (Å²) in [5, 5.41) is 0. The van der Waals surface area contributed by atoms with Crippen LogP contribution in [0.5, 0.6) is 0 Å². The standard InChI is InChI=1S/C30H50/c1-25(2)16-17-27(5)18-19-29(7)22-10-11-23-26(3,4)13-9-14-28(23,6)21(22)12-15-30(29,8)24(27)20-25/h12,22-24H,9-11,13-20H2,1-8H3/t22-,23+,24-,27-,28-,29-,30+/m1/s1. The first-order valence-electron chi connectivity index (χ1n) is 13.5. The molecule has 4 fully saturated rings. The van der Waals surface area contributed by atoms with Crippen LogP contribution in [-0.2, 0) is 0 Å². The zero-order valence-electron chi connectivity index (χ0n) is 21.6. The quantitative estimate of drug-likeness (QED) is 0.349. The minimum atomic E-state index is 0.474. The molecule has 4 saturated carbocycles. The van der Waals surface area contributed by atoms with Gasteiger partial charge >= 0.3 is 0 Å². The van der Waals surface area contributed by atoms with E-state index in [0.29, 0.717) is 32.5 Å². The van der Waals surface area contributed by atoms with Crippen molar-refractivity contribution in [3.8, 4) is 0 Å². The monoisotopic (exact) mass is 410 g/mol. The largest absolute Gasteiger partial charge is 0.0839 e. The molecule has 0 aromatic carbocycles. The Balaban J connectivity index is 1.58. The molecular weight excluding hydrogens is 360 g/mol. The van der Waals surface area contributed by atoms with Crippen molar-refractivity contribution < 1.29 is 0 Å². The molecule has 0 aromatic heterocycles. The average Bonchev–Trinajstić information content (AvgIpc) is 2.64. The van der Waals surface area contributed by atoms with Gasteiger partial charge in [-0.2, -0.15) is 0 Å². The molecule has 7 atom stereocenters. The zero-order chi connectivity index (χ0) is 21.8. The Hall–Kier alpha value is -0.260. The Morgan fingerprint density at radius 1 is 0.700 bits per heavy atom. The van der Waals surface area contributed by atoms with Crippen LogP contribution in [0.2, 0.25) is 0 Å². The van der Waals surface area contributed by atoms with Crippen LogP contribution >= 0.6 is 0 Å². The zero-order valence-corrected chi connectivity index (χ0v) is 21.6. The fourth-order valence-electron chi connectivity index (χ4n) is 10.6. The Kier molecular flexibility index (Phi) is 4.46. The van der Waals surface area contributed by atoms with Crippen molar-refractivity contribution >= 4 is 0 Å². The second-order valence-corrected chi connectivity index (χ2v) is 15.2. The number of hydrogen-bond acceptors (Lipinski definition) is 0. The van der Waals surface area contributed by atoms with Gasteiger partial charge in [-0.3, -0.25) is 0 Å². The van der Waals surface area contributed by atoms with Crippen molar-refractivity contribution in [3.63, 3.8) is 0 Å². The molecule has 170 valence electrons. The van der Waals surface area contributed by atoms with Gasteiger partial charge in [0, 0.05) is 0 Å². The van der Waals surface area contributed by atoms with Crippen LogP contribution in [0, 0.1) is 50.2 Å². The van der Waals surface area contributed by atoms with Crippen LogP contribution in [0.25, 0.3) is 0 Å². The number of hydrogen-bond donors (Lipinski definition) is 0. The SMILES string of the molecule is CC1(C)CC[C@]2(C)CC[C@]3(C)[C@@H]4CC[C@H]5C(C)(C)CCC[C@]5(C)C4=CC[C@@]3(C)[C@@H]2C1. The van der Waals surface area contributed by atoms with E-state index in [0.717, 1.165) is 17.8 Å². The first-order chi connectivity index (χ1) is 13.8. The van der Waals surface area contributed by atoms with Crippen LogP contribution in [0.4, 0.5) is 0 Å². The van der Waals surface area contributed by atoms with E-state index < -0.39 is 0 Å². The van der Waals surface area contributed by atoms with E-state index in [4.69, 9.17) is 0 Å². The topological polar surface area (TPSA) is 0 Å². The van der Waals surface area contributed by atoms with Gasteiger partial charge in [0.2, 0.25) is 0 Å². The Morgan fingerprint density at radius 2 is 1.40 bits per heavy atom. The van der Waals surface area contributed by atoms with E-state index in [1.54, 1.807) is 0 Å². The van der Waals surface area contributed by atoms with Crippen LogP contribution in [0.15, 0.2) is 11.6 Å². The number of fused-ring (bicyclic) bond motifs is 7. The molecule has 0 aromatic rings. The van der Waals surface area contributed by atoms with Gasteiger partial charge in [-0.15, -0.1) is 0 Å². The molecule has 0 heteroatoms. The highest BCUT2D eigenvalue weighted by Crippen LogP contribution is 2.75. The lowest BCUT2D eigenvalue weighted by molar-refractivity contribution is -0.182. The van der Waals surface area contributed by atoms with Crippen LogP contribution in [-0.4, -0.2) is 0 Å². The van der Waals surface area contributed by atoms with E-state index in [1.807, 2.05) is 5.57 Å². The Labute approximate surface area is 188 Å². The van der Waals surface area contributed by atoms with Crippen molar-refractivity contribution in [1.29, 1.82) is 0 Å². The molecule has 0 bridgehead atoms. The van der Waals surface area contributed by atoms with Gasteiger partial charge in [0.1, 0.15) is 0 Å². The van der Waals surface area contributed by atoms with E-state index in [2.05, 4.69) is 61.5 Å². The summed E-state index contributed by atoms with van der Waals surface area (Å²) in [6.45, 7) is 21.2. The molecule has 5 aliphatic rings. The van der Waals surface area contributed by atoms with Crippen LogP contribution < -0.4 is 0 Å². The summed E-state index contributed by atoms with van der Waals surface area (Å²) < 4.78 is 0. The molecule has 5 rings (SSSR count). The molecule has 0 saturated heterocycles. The van der Waals surface area contributed by atoms with E-state index in [9.17, 15) is 0 Å². The van der Waals surface area contributed by atoms with E-state index >= 15 is 0 Å². The lowest BCUT2D eigenvalue weighted by Crippen LogP contribution is -2.62. The highest BCUT2D eigenvalue weighted by molar-refractivity contribution is 5.32. The Morgan fingerprint density at radius 3 is 2.13 bits per heavy atom. The molecule has 0 heterocycles. The van der Waals surface area contributed by atoms with Crippen molar-refractivity contribution in [2.75, 3.05) is 0 Å². The molecule has 0 unspecified atom stereocenters. The van der Waals surface area contributed by atoms with Crippen molar-refractivity contribution in [1.82, 2.24) is 0 Å². The minimum Gasteiger partial charge on any atom is -0.0839 e. The van der Waals surface area contributed by atoms with Gasteiger partial charge < -0.3 is 0 Å². The third kappa shape index (κ3) is 2.64. The van der Waals surface area contributed by atoms with Gasteiger partial charge in [0.25, 0.3) is 0 Å². The normalized spacial score (nSPS) is 54.1. The maximum atomic E-state index is 2.85. The summed E-state index contributed by atoms with van der Waals surface area (Å²) in [7, 11) is 0. The molecule has 0 N–H and O–H groups in total. The fourth-order valence-corrected chi connectivity index (χ4v) is 10.6. The second-order valence-electron chi connectivity index (χ2n) is 15.2. The molecule has 0 amide bonds. The van der Waals surface area contributed by atoms with Gasteiger partial charge in [0.15, 0.2) is 0 Å². The fraction of sp³-hybridized carbons (Fsp3) is 0.933. The molecule has 0 spiro atoms. The lowest BCUT2D eigenvalue weighted by atomic mass is 9.34. The summed E-state index contributed by atoms with van der Waals surface area (Å²) in [4.78, 5) is 0. The predicted molar refractivity (Wildman–Crippen MR) is 129 cm³/mol. The van der Waals surface area contributed by atoms with Gasteiger partial charge in [-0.05, 0) is 114 Å². The van der Waals surface area contributed by atoms with Crippen LogP contribution in [0.1, 0.15) is 126 Å². The summed E-state index contributed by atoms with van der Waals surface area (Å²) in [6.07, 6.45) is 18.8. The van der Waals surface area contributed by atoms with Gasteiger partial charge in [0.05, 0.1) is 0 Å².